The number of fused-ring (bicyclic) bond motifs is 2. The van der Waals surface area contributed by atoms with Crippen molar-refractivity contribution in [1.82, 2.24) is 0 Å². The molecule has 0 nitrogen and oxygen atoms in total. The van der Waals surface area contributed by atoms with Gasteiger partial charge in [-0.05, 0) is 0 Å². The Morgan fingerprint density at radius 2 is 1.06 bits per heavy atom. The fourth-order valence-electron chi connectivity index (χ4n) is 6.16. The third kappa shape index (κ3) is 6.27. The first-order valence-corrected chi connectivity index (χ1v) is 22.5. The normalized spacial score (nSPS) is 17.9. The Bertz CT molecular complexity index is 906. The smallest absolute Gasteiger partial charge is 1.00 e. The molecule has 0 amide bonds. The maximum absolute atomic E-state index is 2.63. The van der Waals surface area contributed by atoms with Crippen LogP contribution < -0.4 is 34.0 Å². The van der Waals surface area contributed by atoms with E-state index >= 15 is 0 Å². The predicted molar refractivity (Wildman–Crippen MR) is 141 cm³/mol. The van der Waals surface area contributed by atoms with E-state index in [9.17, 15) is 0 Å². The van der Waals surface area contributed by atoms with Gasteiger partial charge in [-0.1, -0.05) is 0 Å². The molecule has 0 saturated heterocycles. The van der Waals surface area contributed by atoms with Gasteiger partial charge >= 0.3 is 206 Å². The zero-order chi connectivity index (χ0) is 22.5. The Morgan fingerprint density at radius 1 is 0.647 bits per heavy atom. The predicted octanol–water partition coefficient (Wildman–Crippen LogP) is 3.03. The van der Waals surface area contributed by atoms with Gasteiger partial charge in [-0.2, -0.15) is 0 Å². The number of unbranched alkanes of at least 4 members (excludes halogenated alkanes) is 2. The summed E-state index contributed by atoms with van der Waals surface area (Å²) in [5.41, 5.74) is 10.2. The molecule has 0 aliphatic heterocycles. The molecule has 0 saturated carbocycles. The summed E-state index contributed by atoms with van der Waals surface area (Å²) in [6, 6.07) is 21.9. The van der Waals surface area contributed by atoms with Crippen molar-refractivity contribution in [2.75, 3.05) is 0 Å². The molecule has 0 radical (unpaired) electrons. The quantitative estimate of drug-likeness (QED) is 0.321. The summed E-state index contributed by atoms with van der Waals surface area (Å²) in [5, 5.41) is 0. The molecule has 0 N–H and O–H groups in total. The van der Waals surface area contributed by atoms with Crippen LogP contribution in [-0.4, -0.2) is 5.92 Å². The summed E-state index contributed by atoms with van der Waals surface area (Å²) in [6.45, 7) is 9.78. The monoisotopic (exact) mass is 677 g/mol. The van der Waals surface area contributed by atoms with Crippen molar-refractivity contribution in [1.29, 1.82) is 0 Å². The topological polar surface area (TPSA) is 0 Å². The van der Waals surface area contributed by atoms with E-state index < -0.39 is 26.8 Å². The zero-order valence-corrected chi connectivity index (χ0v) is 28.2. The van der Waals surface area contributed by atoms with E-state index in [1.807, 2.05) is 11.1 Å². The molecule has 0 aromatic heterocycles. The Balaban J connectivity index is 0.00000204. The summed E-state index contributed by atoms with van der Waals surface area (Å²) in [6.07, 6.45) is 13.2. The Labute approximate surface area is 238 Å². The first-order valence-electron chi connectivity index (χ1n) is 13.2. The van der Waals surface area contributed by atoms with Gasteiger partial charge in [0.2, 0.25) is 0 Å². The van der Waals surface area contributed by atoms with Gasteiger partial charge < -0.3 is 34.0 Å². The van der Waals surface area contributed by atoms with Crippen LogP contribution in [0.4, 0.5) is 0 Å². The van der Waals surface area contributed by atoms with Gasteiger partial charge in [0.1, 0.15) is 0 Å². The zero-order valence-electron chi connectivity index (χ0n) is 21.4. The van der Waals surface area contributed by atoms with Crippen LogP contribution in [0.25, 0.3) is 12.2 Å². The van der Waals surface area contributed by atoms with E-state index in [2.05, 4.69) is 88.4 Å². The summed E-state index contributed by atoms with van der Waals surface area (Å²) < 4.78 is 1.63. The van der Waals surface area contributed by atoms with Crippen LogP contribution >= 0.6 is 0 Å². The van der Waals surface area contributed by atoms with E-state index in [-0.39, 0.29) is 34.0 Å². The van der Waals surface area contributed by atoms with E-state index in [1.54, 1.807) is 22.3 Å². The number of allylic oxidation sites excluding steroid dienone is 2. The Hall–Kier alpha value is -0.0200. The molecular weight excluding hydrogens is 639 g/mol. The maximum atomic E-state index is 2.63. The van der Waals surface area contributed by atoms with Crippen molar-refractivity contribution in [3.63, 3.8) is 0 Å². The van der Waals surface area contributed by atoms with Crippen LogP contribution in [0.15, 0.2) is 59.7 Å². The number of halogens is 2. The van der Waals surface area contributed by atoms with Gasteiger partial charge in [0.15, 0.2) is 0 Å². The maximum Gasteiger partial charge on any atom is -1.00 e. The van der Waals surface area contributed by atoms with Crippen molar-refractivity contribution in [2.24, 2.45) is 0 Å². The molecule has 0 heterocycles. The average Bonchev–Trinajstić information content (AvgIpc) is 3.37. The summed E-state index contributed by atoms with van der Waals surface area (Å²) in [4.78, 5) is 0. The molecule has 4 rings (SSSR count). The molecule has 2 atom stereocenters. The second kappa shape index (κ2) is 14.7. The second-order valence-electron chi connectivity index (χ2n) is 9.78. The fraction of sp³-hybridized carbons (Fsp3) is 0.467. The summed E-state index contributed by atoms with van der Waals surface area (Å²) >= 11 is -1.92. The summed E-state index contributed by atoms with van der Waals surface area (Å²) in [7, 11) is 0. The van der Waals surface area contributed by atoms with Crippen molar-refractivity contribution >= 4 is 18.1 Å². The number of rotatable bonds is 11. The third-order valence-corrected chi connectivity index (χ3v) is 34.3. The van der Waals surface area contributed by atoms with Gasteiger partial charge in [0, 0.05) is 0 Å². The molecule has 2 aromatic rings. The van der Waals surface area contributed by atoms with Gasteiger partial charge in [-0.15, -0.1) is 0 Å². The van der Waals surface area contributed by atoms with Crippen LogP contribution in [0, 0.1) is 0 Å². The minimum atomic E-state index is -1.92. The molecular formula is C30H41Br2SiZr. The minimum absolute atomic E-state index is 0. The largest absolute Gasteiger partial charge is 1.00 e. The standard InChI is InChI=1S/2C13H15.C4H11Si.2BrH.Zr/c2*1-2-3-6-11-9-12-7-4-5-8-13(12)10-11;1-3-5-4-2;;;/h2*4-5,7-10H,2-3,6H2,1H3;5H,3-4H2,1-2H3;2*1H;/q;;;;;+2/p-2. The van der Waals surface area contributed by atoms with Crippen molar-refractivity contribution in [3.8, 4) is 0 Å². The average molecular weight is 681 g/mol. The fourth-order valence-corrected chi connectivity index (χ4v) is 34.3. The molecule has 4 heteroatoms. The van der Waals surface area contributed by atoms with Crippen molar-refractivity contribution in [3.05, 3.63) is 81.9 Å². The van der Waals surface area contributed by atoms with E-state index in [0.29, 0.717) is 0 Å². The summed E-state index contributed by atoms with van der Waals surface area (Å²) in [5.74, 6) is -0.761. The van der Waals surface area contributed by atoms with Gasteiger partial charge in [-0.3, -0.25) is 0 Å². The third-order valence-electron chi connectivity index (χ3n) is 7.80. The van der Waals surface area contributed by atoms with Crippen molar-refractivity contribution < 1.29 is 54.9 Å². The minimum Gasteiger partial charge on any atom is -1.00 e. The second-order valence-corrected chi connectivity index (χ2v) is 28.1. The number of benzene rings is 2. The molecule has 2 unspecified atom stereocenters. The van der Waals surface area contributed by atoms with Crippen LogP contribution in [0.3, 0.4) is 0 Å². The van der Waals surface area contributed by atoms with Gasteiger partial charge in [-0.25, -0.2) is 0 Å². The first-order chi connectivity index (χ1) is 15.7. The molecule has 2 aromatic carbocycles. The SMILES string of the molecule is CCCCC1=Cc2ccccc2[CH]1[Zr+2]([CH]1C(CCCC)=Cc2ccccc21)[SiH](CC)CC.[Br-].[Br-]. The first kappa shape index (κ1) is 30.2. The molecule has 0 spiro atoms. The van der Waals surface area contributed by atoms with E-state index in [1.165, 1.54) is 50.6 Å². The molecule has 2 aliphatic carbocycles. The molecule has 0 fully saturated rings. The molecule has 2 aliphatic rings. The van der Waals surface area contributed by atoms with Crippen molar-refractivity contribution in [2.45, 2.75) is 85.6 Å². The molecule has 0 bridgehead atoms. The van der Waals surface area contributed by atoms with Gasteiger partial charge in [0.25, 0.3) is 0 Å². The van der Waals surface area contributed by atoms with Crippen LogP contribution in [-0.2, 0) is 20.9 Å². The van der Waals surface area contributed by atoms with E-state index in [4.69, 9.17) is 0 Å². The molecule has 34 heavy (non-hydrogen) atoms. The van der Waals surface area contributed by atoms with Gasteiger partial charge in [0.05, 0.1) is 0 Å². The van der Waals surface area contributed by atoms with E-state index in [0.717, 1.165) is 7.25 Å². The Kier molecular flexibility index (Phi) is 13.0. The van der Waals surface area contributed by atoms with Crippen LogP contribution in [0.1, 0.15) is 95.7 Å². The number of hydrogen-bond donors (Lipinski definition) is 0. The number of hydrogen-bond acceptors (Lipinski definition) is 0. The molecule has 183 valence electrons. The van der Waals surface area contributed by atoms with Crippen LogP contribution in [0.5, 0.6) is 0 Å². The Morgan fingerprint density at radius 3 is 1.44 bits per heavy atom. The van der Waals surface area contributed by atoms with Crippen LogP contribution in [0.2, 0.25) is 12.1 Å².